The molecule has 0 bridgehead atoms. The van der Waals surface area contributed by atoms with Gasteiger partial charge in [0.1, 0.15) is 0 Å². The molecule has 0 aliphatic rings. The second-order valence-electron chi connectivity index (χ2n) is 1.84. The average Bonchev–Trinajstić information content (AvgIpc) is 1.82. The zero-order valence-corrected chi connectivity index (χ0v) is 8.64. The Morgan fingerprint density at radius 1 is 1.55 bits per heavy atom. The van der Waals surface area contributed by atoms with Gasteiger partial charge in [-0.25, -0.2) is 0 Å². The van der Waals surface area contributed by atoms with Crippen LogP contribution in [-0.2, 0) is 9.59 Å². The molecule has 0 aliphatic carbocycles. The van der Waals surface area contributed by atoms with E-state index in [1.54, 1.807) is 0 Å². The topological polar surface area (TPSA) is 69.2 Å². The van der Waals surface area contributed by atoms with Crippen LogP contribution in [0.25, 0.3) is 0 Å². The van der Waals surface area contributed by atoms with E-state index < -0.39 is 18.4 Å². The zero-order chi connectivity index (χ0) is 8.15. The number of nitrogens with one attached hydrogen (secondary N) is 1. The average molecular weight is 165 g/mol. The summed E-state index contributed by atoms with van der Waals surface area (Å²) in [5.41, 5.74) is 0.279. The van der Waals surface area contributed by atoms with Crippen LogP contribution in [0.2, 0.25) is 0 Å². The summed E-state index contributed by atoms with van der Waals surface area (Å²) in [7, 11) is 0. The van der Waals surface area contributed by atoms with E-state index in [9.17, 15) is 14.7 Å². The van der Waals surface area contributed by atoms with Gasteiger partial charge < -0.3 is 15.2 Å². The van der Waals surface area contributed by atoms with Crippen molar-refractivity contribution in [2.75, 3.05) is 6.54 Å². The van der Waals surface area contributed by atoms with Crippen LogP contribution in [0.5, 0.6) is 0 Å². The minimum Gasteiger partial charge on any atom is -0.548 e. The number of carboxylic acids is 1. The SMILES string of the molecule is C=C(C)C(=O)NCC(=O)[O-].[Na+]. The van der Waals surface area contributed by atoms with Gasteiger partial charge in [-0.15, -0.1) is 0 Å². The van der Waals surface area contributed by atoms with Crippen molar-refractivity contribution in [3.8, 4) is 0 Å². The molecule has 0 aliphatic heterocycles. The van der Waals surface area contributed by atoms with Crippen LogP contribution in [0.3, 0.4) is 0 Å². The molecule has 1 N–H and O–H groups in total. The molecule has 0 rings (SSSR count). The maximum Gasteiger partial charge on any atom is 1.00 e. The second kappa shape index (κ2) is 6.39. The van der Waals surface area contributed by atoms with Crippen LogP contribution < -0.4 is 40.0 Å². The Morgan fingerprint density at radius 3 is 2.27 bits per heavy atom. The number of carbonyl (C=O) groups is 2. The molecule has 0 unspecified atom stereocenters. The maximum atomic E-state index is 10.5. The molecule has 1 amide bonds. The number of carboxylic acid groups (broad SMARTS) is 1. The van der Waals surface area contributed by atoms with Gasteiger partial charge in [-0.05, 0) is 6.92 Å². The molecule has 0 aromatic rings. The first-order valence-corrected chi connectivity index (χ1v) is 2.67. The smallest absolute Gasteiger partial charge is 0.548 e. The minimum absolute atomic E-state index is 0. The fourth-order valence-electron chi connectivity index (χ4n) is 0.303. The Balaban J connectivity index is 0. The van der Waals surface area contributed by atoms with Gasteiger partial charge in [0.2, 0.25) is 5.91 Å². The molecular formula is C6H8NNaO3. The van der Waals surface area contributed by atoms with Crippen molar-refractivity contribution >= 4 is 11.9 Å². The van der Waals surface area contributed by atoms with Crippen LogP contribution in [0.15, 0.2) is 12.2 Å². The first-order chi connectivity index (χ1) is 4.54. The molecule has 0 saturated carbocycles. The molecule has 0 spiro atoms. The summed E-state index contributed by atoms with van der Waals surface area (Å²) < 4.78 is 0. The molecule has 5 heteroatoms. The number of amides is 1. The van der Waals surface area contributed by atoms with Gasteiger partial charge in [0, 0.05) is 5.57 Å². The molecule has 4 nitrogen and oxygen atoms in total. The summed E-state index contributed by atoms with van der Waals surface area (Å²) in [6.07, 6.45) is 0. The third-order valence-corrected chi connectivity index (χ3v) is 0.781. The zero-order valence-electron chi connectivity index (χ0n) is 6.64. The summed E-state index contributed by atoms with van der Waals surface area (Å²) in [5.74, 6) is -1.78. The molecule has 0 aromatic carbocycles. The Labute approximate surface area is 87.0 Å². The number of hydrogen-bond acceptors (Lipinski definition) is 3. The first kappa shape index (κ1) is 13.3. The molecule has 0 saturated heterocycles. The summed E-state index contributed by atoms with van der Waals surface area (Å²) in [4.78, 5) is 20.3. The number of carbonyl (C=O) groups excluding carboxylic acids is 2. The van der Waals surface area contributed by atoms with Gasteiger partial charge in [-0.3, -0.25) is 4.79 Å². The summed E-state index contributed by atoms with van der Waals surface area (Å²) >= 11 is 0. The summed E-state index contributed by atoms with van der Waals surface area (Å²) in [6, 6.07) is 0. The van der Waals surface area contributed by atoms with Crippen LogP contribution in [0, 0.1) is 0 Å². The number of hydrogen-bond donors (Lipinski definition) is 1. The van der Waals surface area contributed by atoms with Crippen molar-refractivity contribution in [1.82, 2.24) is 5.32 Å². The molecule has 0 fully saturated rings. The number of aliphatic carboxylic acids is 1. The van der Waals surface area contributed by atoms with Crippen LogP contribution in [0.4, 0.5) is 0 Å². The normalized spacial score (nSPS) is 7.73. The third-order valence-electron chi connectivity index (χ3n) is 0.781. The largest absolute Gasteiger partial charge is 1.00 e. The fraction of sp³-hybridized carbons (Fsp3) is 0.333. The van der Waals surface area contributed by atoms with Gasteiger partial charge in [-0.1, -0.05) is 6.58 Å². The Kier molecular flexibility index (Phi) is 7.72. The van der Waals surface area contributed by atoms with E-state index in [1.807, 2.05) is 0 Å². The van der Waals surface area contributed by atoms with E-state index in [4.69, 9.17) is 0 Å². The number of rotatable bonds is 3. The standard InChI is InChI=1S/C6H9NO3.Na/c1-4(2)6(10)7-3-5(8)9;/h1,3H2,2H3,(H,7,10)(H,8,9);/q;+1/p-1. The molecule has 11 heavy (non-hydrogen) atoms. The predicted octanol–water partition coefficient (Wildman–Crippen LogP) is -4.57. The molecule has 0 radical (unpaired) electrons. The van der Waals surface area contributed by atoms with E-state index in [1.165, 1.54) is 6.92 Å². The van der Waals surface area contributed by atoms with E-state index in [0.717, 1.165) is 0 Å². The monoisotopic (exact) mass is 165 g/mol. The maximum absolute atomic E-state index is 10.5. The molecule has 0 atom stereocenters. The Morgan fingerprint density at radius 2 is 2.00 bits per heavy atom. The molecule has 56 valence electrons. The van der Waals surface area contributed by atoms with Crippen molar-refractivity contribution in [3.63, 3.8) is 0 Å². The van der Waals surface area contributed by atoms with Gasteiger partial charge in [0.05, 0.1) is 12.5 Å². The molecule has 0 heterocycles. The van der Waals surface area contributed by atoms with Gasteiger partial charge in [0.15, 0.2) is 0 Å². The van der Waals surface area contributed by atoms with E-state index in [-0.39, 0.29) is 35.1 Å². The van der Waals surface area contributed by atoms with Crippen molar-refractivity contribution in [2.24, 2.45) is 0 Å². The van der Waals surface area contributed by atoms with Crippen LogP contribution in [-0.4, -0.2) is 18.4 Å². The second-order valence-corrected chi connectivity index (χ2v) is 1.84. The predicted molar refractivity (Wildman–Crippen MR) is 32.8 cm³/mol. The van der Waals surface area contributed by atoms with Crippen molar-refractivity contribution in [1.29, 1.82) is 0 Å². The first-order valence-electron chi connectivity index (χ1n) is 2.67. The van der Waals surface area contributed by atoms with Crippen LogP contribution >= 0.6 is 0 Å². The quantitative estimate of drug-likeness (QED) is 0.338. The van der Waals surface area contributed by atoms with Gasteiger partial charge in [0.25, 0.3) is 0 Å². The fourth-order valence-corrected chi connectivity index (χ4v) is 0.303. The minimum atomic E-state index is -1.31. The van der Waals surface area contributed by atoms with Crippen molar-refractivity contribution in [2.45, 2.75) is 6.92 Å². The van der Waals surface area contributed by atoms with Crippen molar-refractivity contribution in [3.05, 3.63) is 12.2 Å². The summed E-state index contributed by atoms with van der Waals surface area (Å²) in [6.45, 7) is 4.33. The molecular weight excluding hydrogens is 157 g/mol. The van der Waals surface area contributed by atoms with Gasteiger partial charge in [-0.2, -0.15) is 0 Å². The summed E-state index contributed by atoms with van der Waals surface area (Å²) in [5, 5.41) is 11.9. The molecule has 0 aromatic heterocycles. The van der Waals surface area contributed by atoms with E-state index >= 15 is 0 Å². The van der Waals surface area contributed by atoms with Gasteiger partial charge >= 0.3 is 29.6 Å². The third kappa shape index (κ3) is 7.58. The Hall–Kier alpha value is -0.320. The van der Waals surface area contributed by atoms with E-state index in [2.05, 4.69) is 11.9 Å². The Bertz CT molecular complexity index is 179. The van der Waals surface area contributed by atoms with Crippen LogP contribution in [0.1, 0.15) is 6.92 Å². The van der Waals surface area contributed by atoms with E-state index in [0.29, 0.717) is 0 Å². The van der Waals surface area contributed by atoms with Crippen molar-refractivity contribution < 1.29 is 44.3 Å².